The summed E-state index contributed by atoms with van der Waals surface area (Å²) in [5, 5.41) is 0. The Hall–Kier alpha value is -1.07. The van der Waals surface area contributed by atoms with Gasteiger partial charge < -0.3 is 14.4 Å². The molecule has 1 heterocycles. The van der Waals surface area contributed by atoms with Crippen molar-refractivity contribution in [3.8, 4) is 0 Å². The van der Waals surface area contributed by atoms with E-state index in [9.17, 15) is 4.79 Å². The lowest BCUT2D eigenvalue weighted by Gasteiger charge is -2.34. The Morgan fingerprint density at radius 3 is 2.67 bits per heavy atom. The number of hydrogen-bond donors (Lipinski definition) is 0. The van der Waals surface area contributed by atoms with Gasteiger partial charge in [0.05, 0.1) is 19.3 Å². The second-order valence-corrected chi connectivity index (χ2v) is 7.17. The molecule has 1 amide bonds. The maximum absolute atomic E-state index is 12.1. The van der Waals surface area contributed by atoms with Crippen LogP contribution < -0.4 is 0 Å². The topological polar surface area (TPSA) is 38.8 Å². The number of halogens is 1. The van der Waals surface area contributed by atoms with Gasteiger partial charge in [0.1, 0.15) is 5.60 Å². The lowest BCUT2D eigenvalue weighted by Crippen LogP contribution is -2.48. The van der Waals surface area contributed by atoms with Gasteiger partial charge in [0, 0.05) is 17.4 Å². The molecule has 2 rings (SSSR count). The molecule has 0 unspecified atom stereocenters. The highest BCUT2D eigenvalue weighted by Crippen LogP contribution is 2.17. The highest BCUT2D eigenvalue weighted by Gasteiger charge is 2.28. The van der Waals surface area contributed by atoms with Crippen LogP contribution in [-0.4, -0.2) is 42.4 Å². The highest BCUT2D eigenvalue weighted by atomic mass is 79.9. The number of carbonyl (C=O) groups excluding carboxylic acids is 1. The zero-order valence-electron chi connectivity index (χ0n) is 12.8. The summed E-state index contributed by atoms with van der Waals surface area (Å²) in [4.78, 5) is 13.8. The van der Waals surface area contributed by atoms with Crippen molar-refractivity contribution in [1.29, 1.82) is 0 Å². The summed E-state index contributed by atoms with van der Waals surface area (Å²) in [5.41, 5.74) is 0.741. The zero-order valence-corrected chi connectivity index (χ0v) is 14.4. The molecule has 0 spiro atoms. The molecule has 1 aromatic rings. The van der Waals surface area contributed by atoms with Crippen LogP contribution in [0.3, 0.4) is 0 Å². The molecule has 1 fully saturated rings. The van der Waals surface area contributed by atoms with Gasteiger partial charge in [0.15, 0.2) is 0 Å². The van der Waals surface area contributed by atoms with Crippen LogP contribution in [0.4, 0.5) is 4.79 Å². The first-order chi connectivity index (χ1) is 9.83. The monoisotopic (exact) mass is 355 g/mol. The molecular formula is C16H22BrNO3. The van der Waals surface area contributed by atoms with E-state index in [1.54, 1.807) is 4.90 Å². The smallest absolute Gasteiger partial charge is 0.410 e. The number of benzene rings is 1. The number of amides is 1. The minimum absolute atomic E-state index is 0.0208. The van der Waals surface area contributed by atoms with Gasteiger partial charge >= 0.3 is 6.09 Å². The fraction of sp³-hybridized carbons (Fsp3) is 0.562. The third kappa shape index (κ3) is 5.32. The third-order valence-corrected chi connectivity index (χ3v) is 3.70. The van der Waals surface area contributed by atoms with Gasteiger partial charge in [-0.05, 0) is 38.5 Å². The highest BCUT2D eigenvalue weighted by molar-refractivity contribution is 9.10. The molecule has 0 bridgehead atoms. The maximum Gasteiger partial charge on any atom is 0.410 e. The van der Waals surface area contributed by atoms with E-state index in [1.807, 2.05) is 32.9 Å². The summed E-state index contributed by atoms with van der Waals surface area (Å²) < 4.78 is 12.2. The van der Waals surface area contributed by atoms with Crippen LogP contribution in [0.25, 0.3) is 0 Å². The Morgan fingerprint density at radius 2 is 2.05 bits per heavy atom. The van der Waals surface area contributed by atoms with Crippen molar-refractivity contribution < 1.29 is 14.3 Å². The summed E-state index contributed by atoms with van der Waals surface area (Å²) in [5.74, 6) is 0. The van der Waals surface area contributed by atoms with Crippen molar-refractivity contribution in [2.75, 3.05) is 19.7 Å². The number of nitrogens with zero attached hydrogens (tertiary/aromatic N) is 1. The molecule has 0 N–H and O–H groups in total. The second-order valence-electron chi connectivity index (χ2n) is 6.25. The normalized spacial score (nSPS) is 19.4. The average Bonchev–Trinajstić information content (AvgIpc) is 2.40. The quantitative estimate of drug-likeness (QED) is 0.812. The predicted octanol–water partition coefficient (Wildman–Crippen LogP) is 3.63. The van der Waals surface area contributed by atoms with Gasteiger partial charge in [-0.3, -0.25) is 0 Å². The summed E-state index contributed by atoms with van der Waals surface area (Å²) >= 11 is 3.43. The molecule has 4 nitrogen and oxygen atoms in total. The number of rotatable bonds is 2. The molecule has 1 aromatic carbocycles. The standard InChI is InChI=1S/C16H22BrNO3/c1-16(2,3)21-15(19)18-8-9-20-14(11-18)10-12-4-6-13(17)7-5-12/h4-7,14H,8-11H2,1-3H3/t14-/m1/s1. The van der Waals surface area contributed by atoms with Gasteiger partial charge in [-0.25, -0.2) is 4.79 Å². The molecule has 5 heteroatoms. The lowest BCUT2D eigenvalue weighted by atomic mass is 10.1. The second kappa shape index (κ2) is 6.79. The van der Waals surface area contributed by atoms with Crippen LogP contribution in [0.5, 0.6) is 0 Å². The minimum atomic E-state index is -0.462. The first kappa shape index (κ1) is 16.3. The van der Waals surface area contributed by atoms with Crippen LogP contribution in [0.2, 0.25) is 0 Å². The maximum atomic E-state index is 12.1. The summed E-state index contributed by atoms with van der Waals surface area (Å²) in [6, 6.07) is 8.17. The van der Waals surface area contributed by atoms with E-state index in [0.29, 0.717) is 19.7 Å². The Kier molecular flexibility index (Phi) is 5.27. The van der Waals surface area contributed by atoms with Gasteiger partial charge in [0.25, 0.3) is 0 Å². The van der Waals surface area contributed by atoms with Gasteiger partial charge in [-0.15, -0.1) is 0 Å². The van der Waals surface area contributed by atoms with Crippen molar-refractivity contribution in [2.45, 2.75) is 38.9 Å². The number of morpholine rings is 1. The lowest BCUT2D eigenvalue weighted by molar-refractivity contribution is -0.0415. The molecule has 116 valence electrons. The molecule has 1 aliphatic heterocycles. The van der Waals surface area contributed by atoms with Crippen molar-refractivity contribution in [1.82, 2.24) is 4.90 Å². The molecule has 1 aliphatic rings. The number of carbonyl (C=O) groups is 1. The van der Waals surface area contributed by atoms with Crippen molar-refractivity contribution in [3.63, 3.8) is 0 Å². The Morgan fingerprint density at radius 1 is 1.38 bits per heavy atom. The number of ether oxygens (including phenoxy) is 2. The van der Waals surface area contributed by atoms with E-state index in [-0.39, 0.29) is 12.2 Å². The zero-order chi connectivity index (χ0) is 15.5. The number of hydrogen-bond acceptors (Lipinski definition) is 3. The van der Waals surface area contributed by atoms with E-state index in [2.05, 4.69) is 28.1 Å². The van der Waals surface area contributed by atoms with Crippen molar-refractivity contribution in [2.24, 2.45) is 0 Å². The molecule has 1 atom stereocenters. The van der Waals surface area contributed by atoms with Crippen LogP contribution in [0, 0.1) is 0 Å². The van der Waals surface area contributed by atoms with Crippen molar-refractivity contribution >= 4 is 22.0 Å². The van der Waals surface area contributed by atoms with Gasteiger partial charge in [-0.2, -0.15) is 0 Å². The van der Waals surface area contributed by atoms with E-state index in [1.165, 1.54) is 5.56 Å². The summed E-state index contributed by atoms with van der Waals surface area (Å²) in [6.45, 7) is 7.36. The van der Waals surface area contributed by atoms with Gasteiger partial charge in [-0.1, -0.05) is 28.1 Å². The van der Waals surface area contributed by atoms with Crippen LogP contribution in [0.1, 0.15) is 26.3 Å². The largest absolute Gasteiger partial charge is 0.444 e. The molecule has 0 radical (unpaired) electrons. The summed E-state index contributed by atoms with van der Waals surface area (Å²) in [6.07, 6.45) is 0.561. The van der Waals surface area contributed by atoms with Crippen LogP contribution in [0.15, 0.2) is 28.7 Å². The van der Waals surface area contributed by atoms with E-state index >= 15 is 0 Å². The van der Waals surface area contributed by atoms with Gasteiger partial charge in [0.2, 0.25) is 0 Å². The minimum Gasteiger partial charge on any atom is -0.444 e. The van der Waals surface area contributed by atoms with E-state index in [0.717, 1.165) is 10.9 Å². The van der Waals surface area contributed by atoms with Crippen molar-refractivity contribution in [3.05, 3.63) is 34.3 Å². The average molecular weight is 356 g/mol. The molecular weight excluding hydrogens is 334 g/mol. The molecule has 21 heavy (non-hydrogen) atoms. The fourth-order valence-corrected chi connectivity index (χ4v) is 2.48. The summed E-state index contributed by atoms with van der Waals surface area (Å²) in [7, 11) is 0. The molecule has 0 aromatic heterocycles. The van der Waals surface area contributed by atoms with E-state index < -0.39 is 5.60 Å². The van der Waals surface area contributed by atoms with E-state index in [4.69, 9.17) is 9.47 Å². The molecule has 1 saturated heterocycles. The SMILES string of the molecule is CC(C)(C)OC(=O)N1CCO[C@H](Cc2ccc(Br)cc2)C1. The Balaban J connectivity index is 1.91. The first-order valence-electron chi connectivity index (χ1n) is 7.17. The van der Waals surface area contributed by atoms with Crippen LogP contribution >= 0.6 is 15.9 Å². The third-order valence-electron chi connectivity index (χ3n) is 3.17. The predicted molar refractivity (Wildman–Crippen MR) is 85.4 cm³/mol. The molecule has 0 saturated carbocycles. The van der Waals surface area contributed by atoms with Crippen LogP contribution in [-0.2, 0) is 15.9 Å². The Bertz CT molecular complexity index is 481. The Labute approximate surface area is 134 Å². The first-order valence-corrected chi connectivity index (χ1v) is 7.97. The molecule has 0 aliphatic carbocycles. The fourth-order valence-electron chi connectivity index (χ4n) is 2.22.